The molecule has 3 rings (SSSR count). The second-order valence-electron chi connectivity index (χ2n) is 7.58. The average molecular weight is 367 g/mol. The van der Waals surface area contributed by atoms with Gasteiger partial charge in [0, 0.05) is 37.4 Å². The first-order valence-electron chi connectivity index (χ1n) is 9.70. The largest absolute Gasteiger partial charge is 0.456 e. The molecule has 1 fully saturated rings. The molecule has 5 nitrogen and oxygen atoms in total. The number of nitrogens with zero attached hydrogens (tertiary/aromatic N) is 3. The molecule has 1 aromatic heterocycles. The molecule has 2 aromatic rings. The van der Waals surface area contributed by atoms with E-state index >= 15 is 0 Å². The Hall–Kier alpha value is -2.40. The van der Waals surface area contributed by atoms with Gasteiger partial charge in [0.15, 0.2) is 0 Å². The van der Waals surface area contributed by atoms with Crippen molar-refractivity contribution in [2.24, 2.45) is 5.92 Å². The van der Waals surface area contributed by atoms with Crippen LogP contribution in [0.25, 0.3) is 0 Å². The van der Waals surface area contributed by atoms with Gasteiger partial charge < -0.3 is 14.5 Å². The maximum Gasteiger partial charge on any atom is 0.253 e. The van der Waals surface area contributed by atoms with Crippen molar-refractivity contribution in [1.29, 1.82) is 0 Å². The minimum absolute atomic E-state index is 0.110. The second-order valence-corrected chi connectivity index (χ2v) is 7.58. The lowest BCUT2D eigenvalue weighted by atomic mass is 9.95. The van der Waals surface area contributed by atoms with Crippen molar-refractivity contribution in [2.75, 3.05) is 26.7 Å². The summed E-state index contributed by atoms with van der Waals surface area (Å²) in [5.74, 6) is 2.18. The van der Waals surface area contributed by atoms with E-state index in [0.29, 0.717) is 29.0 Å². The fourth-order valence-corrected chi connectivity index (χ4v) is 3.33. The molecule has 1 aliphatic heterocycles. The summed E-state index contributed by atoms with van der Waals surface area (Å²) >= 11 is 0. The van der Waals surface area contributed by atoms with Gasteiger partial charge in [-0.05, 0) is 76.1 Å². The molecule has 0 unspecified atom stereocenters. The highest BCUT2D eigenvalue weighted by Gasteiger charge is 2.24. The van der Waals surface area contributed by atoms with E-state index in [9.17, 15) is 4.79 Å². The highest BCUT2D eigenvalue weighted by molar-refractivity contribution is 5.94. The van der Waals surface area contributed by atoms with Gasteiger partial charge >= 0.3 is 0 Å². The van der Waals surface area contributed by atoms with Gasteiger partial charge in [0.05, 0.1) is 6.20 Å². The Balaban J connectivity index is 1.52. The molecule has 1 aromatic carbocycles. The first kappa shape index (κ1) is 19.4. The first-order chi connectivity index (χ1) is 13.0. The number of carbonyl (C=O) groups is 1. The molecule has 1 aliphatic rings. The zero-order chi connectivity index (χ0) is 19.2. The molecular formula is C22H29N3O2. The average Bonchev–Trinajstić information content (AvgIpc) is 2.69. The Morgan fingerprint density at radius 1 is 1.19 bits per heavy atom. The maximum atomic E-state index is 12.8. The molecule has 0 aliphatic carbocycles. The topological polar surface area (TPSA) is 45.7 Å². The fourth-order valence-electron chi connectivity index (χ4n) is 3.33. The number of amides is 1. The van der Waals surface area contributed by atoms with Crippen LogP contribution < -0.4 is 4.74 Å². The summed E-state index contributed by atoms with van der Waals surface area (Å²) in [5, 5.41) is 0. The summed E-state index contributed by atoms with van der Waals surface area (Å²) in [6.07, 6.45) is 5.52. The van der Waals surface area contributed by atoms with Gasteiger partial charge in [-0.1, -0.05) is 0 Å². The number of likely N-dealkylation sites (tertiary alicyclic amines) is 1. The summed E-state index contributed by atoms with van der Waals surface area (Å²) in [4.78, 5) is 21.2. The van der Waals surface area contributed by atoms with Crippen LogP contribution in [0.5, 0.6) is 11.5 Å². The lowest BCUT2D eigenvalue weighted by Gasteiger charge is -2.35. The number of piperidine rings is 1. The minimum Gasteiger partial charge on any atom is -0.456 e. The van der Waals surface area contributed by atoms with Crippen LogP contribution in [-0.2, 0) is 0 Å². The second kappa shape index (κ2) is 9.00. The van der Waals surface area contributed by atoms with Gasteiger partial charge in [-0.3, -0.25) is 9.78 Å². The molecule has 0 saturated carbocycles. The Bertz CT molecular complexity index is 723. The van der Waals surface area contributed by atoms with Crippen LogP contribution in [0.4, 0.5) is 0 Å². The number of hydrogen-bond acceptors (Lipinski definition) is 4. The van der Waals surface area contributed by atoms with Crippen LogP contribution in [-0.4, -0.2) is 53.4 Å². The number of carbonyl (C=O) groups excluding carboxylic acids is 1. The molecule has 1 saturated heterocycles. The van der Waals surface area contributed by atoms with Crippen LogP contribution in [0.1, 0.15) is 37.0 Å². The summed E-state index contributed by atoms with van der Waals surface area (Å²) in [5.41, 5.74) is 0.714. The lowest BCUT2D eigenvalue weighted by Crippen LogP contribution is -2.42. The van der Waals surface area contributed by atoms with Gasteiger partial charge in [-0.25, -0.2) is 0 Å². The predicted octanol–water partition coefficient (Wildman–Crippen LogP) is 4.07. The summed E-state index contributed by atoms with van der Waals surface area (Å²) < 4.78 is 5.74. The monoisotopic (exact) mass is 367 g/mol. The molecule has 0 radical (unpaired) electrons. The van der Waals surface area contributed by atoms with Crippen LogP contribution in [0.3, 0.4) is 0 Å². The van der Waals surface area contributed by atoms with Crippen molar-refractivity contribution < 1.29 is 9.53 Å². The van der Waals surface area contributed by atoms with Crippen molar-refractivity contribution in [1.82, 2.24) is 14.8 Å². The zero-order valence-electron chi connectivity index (χ0n) is 16.5. The van der Waals surface area contributed by atoms with Crippen molar-refractivity contribution in [2.45, 2.75) is 32.7 Å². The van der Waals surface area contributed by atoms with Crippen molar-refractivity contribution in [3.63, 3.8) is 0 Å². The third-order valence-corrected chi connectivity index (χ3v) is 5.30. The number of aromatic nitrogens is 1. The molecule has 0 bridgehead atoms. The predicted molar refractivity (Wildman–Crippen MR) is 107 cm³/mol. The number of pyridine rings is 1. The molecule has 144 valence electrons. The Labute approximate surface area is 162 Å². The van der Waals surface area contributed by atoms with E-state index in [-0.39, 0.29) is 5.91 Å². The Kier molecular flexibility index (Phi) is 6.45. The molecular weight excluding hydrogens is 338 g/mol. The van der Waals surface area contributed by atoms with E-state index in [4.69, 9.17) is 4.74 Å². The first-order valence-corrected chi connectivity index (χ1v) is 9.70. The molecule has 0 atom stereocenters. The number of hydrogen-bond donors (Lipinski definition) is 0. The van der Waals surface area contributed by atoms with Gasteiger partial charge in [0.2, 0.25) is 0 Å². The summed E-state index contributed by atoms with van der Waals surface area (Å²) in [6.45, 7) is 7.23. The SMILES string of the molecule is CC(C)N(C)CC1CCN(C(=O)c2ccc(Oc3cccnc3)cc2)CC1. The Morgan fingerprint density at radius 2 is 1.89 bits per heavy atom. The van der Waals surface area contributed by atoms with E-state index < -0.39 is 0 Å². The van der Waals surface area contributed by atoms with E-state index in [1.165, 1.54) is 0 Å². The third kappa shape index (κ3) is 5.30. The molecule has 0 spiro atoms. The molecule has 5 heteroatoms. The molecule has 27 heavy (non-hydrogen) atoms. The number of rotatable bonds is 6. The third-order valence-electron chi connectivity index (χ3n) is 5.30. The van der Waals surface area contributed by atoms with Crippen LogP contribution in [0.2, 0.25) is 0 Å². The van der Waals surface area contributed by atoms with Crippen LogP contribution >= 0.6 is 0 Å². The molecule has 2 heterocycles. The number of benzene rings is 1. The van der Waals surface area contributed by atoms with Crippen molar-refractivity contribution in [3.8, 4) is 11.5 Å². The van der Waals surface area contributed by atoms with Gasteiger partial charge in [-0.15, -0.1) is 0 Å². The van der Waals surface area contributed by atoms with Crippen LogP contribution in [0, 0.1) is 5.92 Å². The fraction of sp³-hybridized carbons (Fsp3) is 0.455. The Morgan fingerprint density at radius 3 is 2.48 bits per heavy atom. The smallest absolute Gasteiger partial charge is 0.253 e. The highest BCUT2D eigenvalue weighted by atomic mass is 16.5. The van der Waals surface area contributed by atoms with E-state index in [2.05, 4.69) is 30.8 Å². The normalized spacial score (nSPS) is 15.4. The van der Waals surface area contributed by atoms with Gasteiger partial charge in [-0.2, -0.15) is 0 Å². The van der Waals surface area contributed by atoms with Gasteiger partial charge in [0.25, 0.3) is 5.91 Å². The van der Waals surface area contributed by atoms with E-state index in [0.717, 1.165) is 32.5 Å². The zero-order valence-corrected chi connectivity index (χ0v) is 16.5. The molecule has 0 N–H and O–H groups in total. The standard InChI is InChI=1S/C22H29N3O2/c1-17(2)24(3)16-18-10-13-25(14-11-18)22(26)19-6-8-20(9-7-19)27-21-5-4-12-23-15-21/h4-9,12,15,17-18H,10-11,13-14,16H2,1-3H3. The minimum atomic E-state index is 0.110. The van der Waals surface area contributed by atoms with Crippen molar-refractivity contribution in [3.05, 3.63) is 54.4 Å². The molecule has 1 amide bonds. The quantitative estimate of drug-likeness (QED) is 0.772. The van der Waals surface area contributed by atoms with E-state index in [1.54, 1.807) is 12.4 Å². The van der Waals surface area contributed by atoms with E-state index in [1.807, 2.05) is 41.3 Å². The maximum absolute atomic E-state index is 12.8. The summed E-state index contributed by atoms with van der Waals surface area (Å²) in [7, 11) is 2.18. The number of ether oxygens (including phenoxy) is 1. The highest BCUT2D eigenvalue weighted by Crippen LogP contribution is 2.23. The van der Waals surface area contributed by atoms with Crippen LogP contribution in [0.15, 0.2) is 48.8 Å². The van der Waals surface area contributed by atoms with Crippen molar-refractivity contribution >= 4 is 5.91 Å². The van der Waals surface area contributed by atoms with Gasteiger partial charge in [0.1, 0.15) is 11.5 Å². The summed E-state index contributed by atoms with van der Waals surface area (Å²) in [6, 6.07) is 11.6. The lowest BCUT2D eigenvalue weighted by molar-refractivity contribution is 0.0666.